The first-order valence-corrected chi connectivity index (χ1v) is 4.59. The van der Waals surface area contributed by atoms with E-state index in [1.807, 2.05) is 19.1 Å². The highest BCUT2D eigenvalue weighted by molar-refractivity contribution is 6.56. The minimum atomic E-state index is -0.216. The minimum absolute atomic E-state index is 0.216. The van der Waals surface area contributed by atoms with E-state index in [1.165, 1.54) is 0 Å². The van der Waals surface area contributed by atoms with Gasteiger partial charge in [0.2, 0.25) is 0 Å². The summed E-state index contributed by atoms with van der Waals surface area (Å²) in [6, 6.07) is 3.97. The van der Waals surface area contributed by atoms with Gasteiger partial charge >= 0.3 is 0 Å². The fraction of sp³-hybridized carbons (Fsp3) is 0.143. The lowest BCUT2D eigenvalue weighted by atomic mass is 10.7. The first-order chi connectivity index (χ1) is 4.43. The molecule has 0 amide bonds. The van der Waals surface area contributed by atoms with E-state index in [2.05, 4.69) is 11.8 Å². The van der Waals surface area contributed by atoms with Crippen molar-refractivity contribution in [3.8, 4) is 0 Å². The molecule has 1 heterocycles. The lowest BCUT2D eigenvalue weighted by Gasteiger charge is -1.82. The van der Waals surface area contributed by atoms with Crippen molar-refractivity contribution in [3.05, 3.63) is 30.2 Å². The van der Waals surface area contributed by atoms with Crippen LogP contribution < -0.4 is 5.38 Å². The fourth-order valence-corrected chi connectivity index (χ4v) is 1.60. The summed E-state index contributed by atoms with van der Waals surface area (Å²) in [5.74, 6) is 0. The first kappa shape index (κ1) is 6.36. The smallest absolute Gasteiger partial charge is 0.123 e. The van der Waals surface area contributed by atoms with Gasteiger partial charge in [0, 0.05) is 0 Å². The van der Waals surface area contributed by atoms with Crippen LogP contribution in [0.5, 0.6) is 0 Å². The molecule has 1 aromatic heterocycles. The van der Waals surface area contributed by atoms with Gasteiger partial charge in [-0.3, -0.25) is 0 Å². The number of hydrogen-bond acceptors (Lipinski definition) is 1. The average Bonchev–Trinajstić information content (AvgIpc) is 2.34. The Kier molecular flexibility index (Phi) is 2.33. The zero-order valence-corrected chi connectivity index (χ0v) is 6.92. The third kappa shape index (κ3) is 1.89. The predicted octanol–water partition coefficient (Wildman–Crippen LogP) is 0.607. The molecule has 0 bridgehead atoms. The van der Waals surface area contributed by atoms with E-state index >= 15 is 0 Å². The molecule has 0 atom stereocenters. The van der Waals surface area contributed by atoms with E-state index in [9.17, 15) is 0 Å². The third-order valence-electron chi connectivity index (χ3n) is 1.13. The quantitative estimate of drug-likeness (QED) is 0.546. The summed E-state index contributed by atoms with van der Waals surface area (Å²) >= 11 is 0. The fourth-order valence-electron chi connectivity index (χ4n) is 0.663. The predicted molar refractivity (Wildman–Crippen MR) is 41.7 cm³/mol. The standard InChI is InChI=1S/C7H10OSi/c1-2-6-9-7-4-3-5-8-7/h2-6H,9H2,1H3. The zero-order valence-electron chi connectivity index (χ0n) is 5.50. The van der Waals surface area contributed by atoms with Crippen molar-refractivity contribution in [1.29, 1.82) is 0 Å². The lowest BCUT2D eigenvalue weighted by Crippen LogP contribution is -2.06. The lowest BCUT2D eigenvalue weighted by molar-refractivity contribution is 0.601. The molecular weight excluding hydrogens is 128 g/mol. The van der Waals surface area contributed by atoms with Gasteiger partial charge in [-0.25, -0.2) is 0 Å². The summed E-state index contributed by atoms with van der Waals surface area (Å²) in [5, 5.41) is 1.16. The Morgan fingerprint density at radius 3 is 3.11 bits per heavy atom. The first-order valence-electron chi connectivity index (χ1n) is 3.07. The van der Waals surface area contributed by atoms with Crippen LogP contribution in [0.4, 0.5) is 0 Å². The van der Waals surface area contributed by atoms with Crippen LogP contribution in [-0.4, -0.2) is 9.52 Å². The van der Waals surface area contributed by atoms with E-state index in [0.29, 0.717) is 0 Å². The molecule has 0 N–H and O–H groups in total. The molecule has 1 aromatic rings. The molecule has 0 fully saturated rings. The van der Waals surface area contributed by atoms with Crippen molar-refractivity contribution >= 4 is 14.9 Å². The molecular formula is C7H10OSi. The number of hydrogen-bond donors (Lipinski definition) is 0. The Morgan fingerprint density at radius 2 is 2.56 bits per heavy atom. The highest BCUT2D eigenvalue weighted by Gasteiger charge is 1.88. The van der Waals surface area contributed by atoms with Crippen molar-refractivity contribution < 1.29 is 4.42 Å². The third-order valence-corrected chi connectivity index (χ3v) is 2.65. The Hall–Kier alpha value is -0.763. The van der Waals surface area contributed by atoms with Gasteiger partial charge in [-0.1, -0.05) is 11.8 Å². The molecule has 1 nitrogen and oxygen atoms in total. The van der Waals surface area contributed by atoms with Crippen molar-refractivity contribution in [2.75, 3.05) is 0 Å². The van der Waals surface area contributed by atoms with E-state index < -0.39 is 0 Å². The number of furan rings is 1. The Labute approximate surface area is 57.2 Å². The van der Waals surface area contributed by atoms with E-state index in [4.69, 9.17) is 4.42 Å². The van der Waals surface area contributed by atoms with Gasteiger partial charge in [-0.2, -0.15) is 0 Å². The largest absolute Gasteiger partial charge is 0.475 e. The summed E-state index contributed by atoms with van der Waals surface area (Å²) in [5.41, 5.74) is 2.21. The summed E-state index contributed by atoms with van der Waals surface area (Å²) in [6.45, 7) is 2.04. The molecule has 0 aliphatic heterocycles. The van der Waals surface area contributed by atoms with Crippen molar-refractivity contribution in [1.82, 2.24) is 0 Å². The second-order valence-electron chi connectivity index (χ2n) is 1.85. The van der Waals surface area contributed by atoms with Gasteiger partial charge in [-0.05, 0) is 19.1 Å². The van der Waals surface area contributed by atoms with Gasteiger partial charge in [0.1, 0.15) is 9.52 Å². The minimum Gasteiger partial charge on any atom is -0.475 e. The average molecular weight is 138 g/mol. The molecule has 1 rings (SSSR count). The molecule has 0 aliphatic rings. The molecule has 48 valence electrons. The maximum absolute atomic E-state index is 5.15. The van der Waals surface area contributed by atoms with E-state index in [-0.39, 0.29) is 9.52 Å². The molecule has 0 aromatic carbocycles. The highest BCUT2D eigenvalue weighted by Crippen LogP contribution is 1.81. The normalized spacial score (nSPS) is 12.1. The van der Waals surface area contributed by atoms with Crippen LogP contribution in [0, 0.1) is 0 Å². The molecule has 9 heavy (non-hydrogen) atoms. The van der Waals surface area contributed by atoms with E-state index in [0.717, 1.165) is 5.38 Å². The van der Waals surface area contributed by atoms with Crippen LogP contribution in [0.1, 0.15) is 6.92 Å². The Balaban J connectivity index is 2.48. The summed E-state index contributed by atoms with van der Waals surface area (Å²) in [4.78, 5) is 0. The molecule has 0 aliphatic carbocycles. The number of allylic oxidation sites excluding steroid dienone is 1. The van der Waals surface area contributed by atoms with Crippen LogP contribution >= 0.6 is 0 Å². The molecule has 0 spiro atoms. The van der Waals surface area contributed by atoms with Crippen LogP contribution in [0.15, 0.2) is 34.6 Å². The monoisotopic (exact) mass is 138 g/mol. The molecule has 0 unspecified atom stereocenters. The van der Waals surface area contributed by atoms with Crippen LogP contribution in [-0.2, 0) is 0 Å². The summed E-state index contributed by atoms with van der Waals surface area (Å²) < 4.78 is 5.15. The Morgan fingerprint density at radius 1 is 1.67 bits per heavy atom. The highest BCUT2D eigenvalue weighted by atomic mass is 28.2. The Bertz CT molecular complexity index is 177. The van der Waals surface area contributed by atoms with Gasteiger partial charge in [0.15, 0.2) is 0 Å². The van der Waals surface area contributed by atoms with E-state index in [1.54, 1.807) is 6.26 Å². The van der Waals surface area contributed by atoms with Crippen LogP contribution in [0.2, 0.25) is 0 Å². The molecule has 0 saturated heterocycles. The van der Waals surface area contributed by atoms with Gasteiger partial charge in [0.25, 0.3) is 0 Å². The topological polar surface area (TPSA) is 13.1 Å². The summed E-state index contributed by atoms with van der Waals surface area (Å²) in [6.07, 6.45) is 3.81. The number of rotatable bonds is 2. The molecule has 2 heteroatoms. The van der Waals surface area contributed by atoms with Gasteiger partial charge in [-0.15, -0.1) is 0 Å². The van der Waals surface area contributed by atoms with Crippen molar-refractivity contribution in [3.63, 3.8) is 0 Å². The van der Waals surface area contributed by atoms with Gasteiger partial charge in [0.05, 0.1) is 11.6 Å². The second kappa shape index (κ2) is 3.30. The van der Waals surface area contributed by atoms with Crippen LogP contribution in [0.3, 0.4) is 0 Å². The summed E-state index contributed by atoms with van der Waals surface area (Å²) in [7, 11) is -0.216. The van der Waals surface area contributed by atoms with Gasteiger partial charge < -0.3 is 4.42 Å². The van der Waals surface area contributed by atoms with Crippen molar-refractivity contribution in [2.45, 2.75) is 6.92 Å². The maximum atomic E-state index is 5.15. The zero-order chi connectivity index (χ0) is 6.53. The second-order valence-corrected chi connectivity index (χ2v) is 3.43. The van der Waals surface area contributed by atoms with Crippen molar-refractivity contribution in [2.24, 2.45) is 0 Å². The SMILES string of the molecule is CC=C[SiH2]c1ccco1. The molecule has 0 saturated carbocycles. The molecule has 0 radical (unpaired) electrons. The maximum Gasteiger partial charge on any atom is 0.123 e. The van der Waals surface area contributed by atoms with Crippen LogP contribution in [0.25, 0.3) is 0 Å².